The van der Waals surface area contributed by atoms with Crippen LogP contribution in [0.5, 0.6) is 0 Å². The molecule has 1 atom stereocenters. The molecule has 0 aliphatic rings. The average molecular weight is 203 g/mol. The Morgan fingerprint density at radius 1 is 1.13 bits per heavy atom. The lowest BCUT2D eigenvalue weighted by molar-refractivity contribution is 0.626. The fourth-order valence-corrected chi connectivity index (χ4v) is 1.31. The number of nitrogens with two attached hydrogens (primary N) is 1. The van der Waals surface area contributed by atoms with Crippen molar-refractivity contribution < 1.29 is 4.39 Å². The van der Waals surface area contributed by atoms with Gasteiger partial charge in [-0.2, -0.15) is 0 Å². The molecule has 76 valence electrons. The van der Waals surface area contributed by atoms with E-state index in [-0.39, 0.29) is 11.9 Å². The smallest absolute Gasteiger partial charge is 0.123 e. The first-order valence-corrected chi connectivity index (χ1v) is 4.54. The van der Waals surface area contributed by atoms with Gasteiger partial charge >= 0.3 is 0 Å². The predicted molar refractivity (Wildman–Crippen MR) is 54.5 cm³/mol. The second-order valence-corrected chi connectivity index (χ2v) is 3.16. The van der Waals surface area contributed by atoms with Crippen LogP contribution < -0.4 is 5.73 Å². The van der Waals surface area contributed by atoms with Crippen molar-refractivity contribution in [2.24, 2.45) is 5.73 Å². The van der Waals surface area contributed by atoms with Crippen LogP contribution in [0, 0.1) is 5.82 Å². The van der Waals surface area contributed by atoms with Crippen LogP contribution in [0.2, 0.25) is 0 Å². The van der Waals surface area contributed by atoms with E-state index in [9.17, 15) is 4.39 Å². The molecule has 0 spiro atoms. The van der Waals surface area contributed by atoms with Crippen LogP contribution in [-0.4, -0.2) is 9.97 Å². The van der Waals surface area contributed by atoms with Crippen molar-refractivity contribution in [2.45, 2.75) is 6.04 Å². The molecule has 1 aromatic carbocycles. The largest absolute Gasteiger partial charge is 0.319 e. The number of rotatable bonds is 2. The van der Waals surface area contributed by atoms with Gasteiger partial charge in [-0.25, -0.2) is 4.39 Å². The van der Waals surface area contributed by atoms with Crippen LogP contribution in [0.25, 0.3) is 0 Å². The normalized spacial score (nSPS) is 12.4. The Balaban J connectivity index is 2.29. The Hall–Kier alpha value is -1.81. The van der Waals surface area contributed by atoms with Crippen LogP contribution in [0.4, 0.5) is 4.39 Å². The molecule has 4 heteroatoms. The van der Waals surface area contributed by atoms with Gasteiger partial charge in [0.25, 0.3) is 0 Å². The van der Waals surface area contributed by atoms with Crippen molar-refractivity contribution in [3.63, 3.8) is 0 Å². The quantitative estimate of drug-likeness (QED) is 0.807. The van der Waals surface area contributed by atoms with Crippen molar-refractivity contribution in [1.29, 1.82) is 0 Å². The Morgan fingerprint density at radius 2 is 1.87 bits per heavy atom. The predicted octanol–water partition coefficient (Wildman–Crippen LogP) is 1.66. The van der Waals surface area contributed by atoms with E-state index in [0.717, 1.165) is 5.56 Å². The summed E-state index contributed by atoms with van der Waals surface area (Å²) < 4.78 is 12.7. The summed E-state index contributed by atoms with van der Waals surface area (Å²) in [6, 6.07) is 5.69. The molecule has 0 saturated carbocycles. The second-order valence-electron chi connectivity index (χ2n) is 3.16. The van der Waals surface area contributed by atoms with E-state index in [1.54, 1.807) is 30.7 Å². The van der Waals surface area contributed by atoms with Gasteiger partial charge in [0.15, 0.2) is 0 Å². The zero-order valence-corrected chi connectivity index (χ0v) is 7.97. The summed E-state index contributed by atoms with van der Waals surface area (Å²) in [4.78, 5) is 8.03. The van der Waals surface area contributed by atoms with Crippen LogP contribution in [0.3, 0.4) is 0 Å². The molecular weight excluding hydrogens is 193 g/mol. The van der Waals surface area contributed by atoms with Crippen LogP contribution in [-0.2, 0) is 0 Å². The first kappa shape index (κ1) is 9.73. The lowest BCUT2D eigenvalue weighted by Gasteiger charge is -2.10. The summed E-state index contributed by atoms with van der Waals surface area (Å²) in [6.45, 7) is 0. The topological polar surface area (TPSA) is 51.8 Å². The molecule has 0 aliphatic heterocycles. The van der Waals surface area contributed by atoms with Crippen LogP contribution in [0.1, 0.15) is 17.3 Å². The highest BCUT2D eigenvalue weighted by molar-refractivity contribution is 5.26. The average Bonchev–Trinajstić information content (AvgIpc) is 2.30. The third kappa shape index (κ3) is 2.16. The van der Waals surface area contributed by atoms with E-state index in [2.05, 4.69) is 9.97 Å². The first-order valence-electron chi connectivity index (χ1n) is 4.54. The summed E-state index contributed by atoms with van der Waals surface area (Å²) >= 11 is 0. The summed E-state index contributed by atoms with van der Waals surface area (Å²) in [7, 11) is 0. The van der Waals surface area contributed by atoms with Crippen molar-refractivity contribution in [3.05, 3.63) is 59.9 Å². The van der Waals surface area contributed by atoms with Gasteiger partial charge in [0.2, 0.25) is 0 Å². The molecule has 1 aromatic heterocycles. The minimum absolute atomic E-state index is 0.273. The molecule has 2 aromatic rings. The van der Waals surface area contributed by atoms with Gasteiger partial charge in [-0.3, -0.25) is 9.97 Å². The molecule has 2 rings (SSSR count). The van der Waals surface area contributed by atoms with Gasteiger partial charge in [-0.05, 0) is 17.7 Å². The first-order chi connectivity index (χ1) is 7.27. The number of hydrogen-bond acceptors (Lipinski definition) is 3. The van der Waals surface area contributed by atoms with Gasteiger partial charge in [0.1, 0.15) is 5.82 Å². The Bertz CT molecular complexity index is 427. The van der Waals surface area contributed by atoms with Gasteiger partial charge < -0.3 is 5.73 Å². The molecule has 0 saturated heterocycles. The van der Waals surface area contributed by atoms with E-state index >= 15 is 0 Å². The zero-order valence-electron chi connectivity index (χ0n) is 7.97. The summed E-state index contributed by atoms with van der Waals surface area (Å²) in [5.74, 6) is -0.273. The molecule has 0 bridgehead atoms. The molecule has 0 amide bonds. The van der Waals surface area contributed by atoms with E-state index in [1.807, 2.05) is 0 Å². The van der Waals surface area contributed by atoms with Crippen molar-refractivity contribution in [2.75, 3.05) is 0 Å². The third-order valence-corrected chi connectivity index (χ3v) is 2.13. The van der Waals surface area contributed by atoms with Gasteiger partial charge in [0, 0.05) is 12.4 Å². The standard InChI is InChI=1S/C11H10FN3/c12-9-3-1-8(2-4-9)11(13)10-7-14-5-6-15-10/h1-7,11H,13H2. The zero-order chi connectivity index (χ0) is 10.7. The second kappa shape index (κ2) is 4.14. The lowest BCUT2D eigenvalue weighted by Crippen LogP contribution is -2.13. The highest BCUT2D eigenvalue weighted by Crippen LogP contribution is 2.16. The minimum atomic E-state index is -0.362. The molecule has 2 N–H and O–H groups in total. The molecule has 3 nitrogen and oxygen atoms in total. The fraction of sp³-hybridized carbons (Fsp3) is 0.0909. The van der Waals surface area contributed by atoms with E-state index in [0.29, 0.717) is 5.69 Å². The van der Waals surface area contributed by atoms with Crippen LogP contribution in [0.15, 0.2) is 42.9 Å². The lowest BCUT2D eigenvalue weighted by atomic mass is 10.1. The Morgan fingerprint density at radius 3 is 2.47 bits per heavy atom. The van der Waals surface area contributed by atoms with E-state index in [4.69, 9.17) is 5.73 Å². The number of nitrogens with zero attached hydrogens (tertiary/aromatic N) is 2. The summed E-state index contributed by atoms with van der Waals surface area (Å²) in [5, 5.41) is 0. The van der Waals surface area contributed by atoms with Crippen LogP contribution >= 0.6 is 0 Å². The van der Waals surface area contributed by atoms with Gasteiger partial charge in [-0.1, -0.05) is 12.1 Å². The maximum atomic E-state index is 12.7. The van der Waals surface area contributed by atoms with Gasteiger partial charge in [0.05, 0.1) is 17.9 Å². The SMILES string of the molecule is NC(c1ccc(F)cc1)c1cnccn1. The monoisotopic (exact) mass is 203 g/mol. The summed E-state index contributed by atoms with van der Waals surface area (Å²) in [6.07, 6.45) is 4.77. The molecule has 1 heterocycles. The highest BCUT2D eigenvalue weighted by atomic mass is 19.1. The van der Waals surface area contributed by atoms with Crippen molar-refractivity contribution >= 4 is 0 Å². The highest BCUT2D eigenvalue weighted by Gasteiger charge is 2.09. The number of benzene rings is 1. The van der Waals surface area contributed by atoms with E-state index < -0.39 is 0 Å². The summed E-state index contributed by atoms with van der Waals surface area (Å²) in [5.41, 5.74) is 7.43. The molecular formula is C11H10FN3. The van der Waals surface area contributed by atoms with Gasteiger partial charge in [-0.15, -0.1) is 0 Å². The fourth-order valence-electron chi connectivity index (χ4n) is 1.31. The number of aromatic nitrogens is 2. The van der Waals surface area contributed by atoms with Crippen molar-refractivity contribution in [3.8, 4) is 0 Å². The maximum Gasteiger partial charge on any atom is 0.123 e. The number of halogens is 1. The minimum Gasteiger partial charge on any atom is -0.319 e. The third-order valence-electron chi connectivity index (χ3n) is 2.13. The molecule has 0 fully saturated rings. The molecule has 0 aliphatic carbocycles. The molecule has 15 heavy (non-hydrogen) atoms. The maximum absolute atomic E-state index is 12.7. The number of hydrogen-bond donors (Lipinski definition) is 1. The van der Waals surface area contributed by atoms with Crippen molar-refractivity contribution in [1.82, 2.24) is 9.97 Å². The molecule has 0 radical (unpaired) electrons. The Labute approximate surface area is 86.8 Å². The Kier molecular flexibility index (Phi) is 2.69. The van der Waals surface area contributed by atoms with E-state index in [1.165, 1.54) is 12.1 Å². The molecule has 1 unspecified atom stereocenters.